The molecule has 0 radical (unpaired) electrons. The summed E-state index contributed by atoms with van der Waals surface area (Å²) in [4.78, 5) is 0.231. The van der Waals surface area contributed by atoms with Crippen LogP contribution in [0, 0.1) is 0 Å². The highest BCUT2D eigenvalue weighted by Crippen LogP contribution is 2.20. The van der Waals surface area contributed by atoms with E-state index in [1.54, 1.807) is 19.1 Å². The van der Waals surface area contributed by atoms with E-state index in [1.165, 1.54) is 0 Å². The largest absolute Gasteiger partial charge is 0.395 e. The summed E-state index contributed by atoms with van der Waals surface area (Å²) in [6.07, 6.45) is 1.02. The summed E-state index contributed by atoms with van der Waals surface area (Å²) in [5, 5.41) is 8.87. The van der Waals surface area contributed by atoms with Crippen LogP contribution in [0.2, 0.25) is 0 Å². The third-order valence-corrected chi connectivity index (χ3v) is 4.61. The quantitative estimate of drug-likeness (QED) is 0.830. The van der Waals surface area contributed by atoms with Crippen LogP contribution in [0.15, 0.2) is 29.2 Å². The van der Waals surface area contributed by atoms with Gasteiger partial charge < -0.3 is 5.11 Å². The van der Waals surface area contributed by atoms with Crippen molar-refractivity contribution >= 4 is 10.0 Å². The molecule has 2 atom stereocenters. The molecule has 102 valence electrons. The zero-order valence-electron chi connectivity index (χ0n) is 11.1. The Bertz CT molecular complexity index is 468. The minimum absolute atomic E-state index is 0.218. The molecule has 1 aromatic carbocycles. The van der Waals surface area contributed by atoms with E-state index in [0.29, 0.717) is 5.92 Å². The van der Waals surface area contributed by atoms with Crippen molar-refractivity contribution in [2.24, 2.45) is 0 Å². The van der Waals surface area contributed by atoms with Gasteiger partial charge in [-0.25, -0.2) is 13.1 Å². The summed E-state index contributed by atoms with van der Waals surface area (Å²) in [5.41, 5.74) is 1.13. The normalized spacial score (nSPS) is 15.3. The Kier molecular flexibility index (Phi) is 5.31. The van der Waals surface area contributed by atoms with Crippen LogP contribution in [0.4, 0.5) is 0 Å². The Morgan fingerprint density at radius 3 is 2.22 bits per heavy atom. The van der Waals surface area contributed by atoms with Crippen LogP contribution in [-0.4, -0.2) is 26.2 Å². The fourth-order valence-electron chi connectivity index (χ4n) is 1.58. The molecular weight excluding hydrogens is 250 g/mol. The van der Waals surface area contributed by atoms with Crippen LogP contribution in [0.1, 0.15) is 38.7 Å². The van der Waals surface area contributed by atoms with Crippen LogP contribution in [0.3, 0.4) is 0 Å². The molecular formula is C13H21NO3S. The van der Waals surface area contributed by atoms with Gasteiger partial charge in [0.15, 0.2) is 0 Å². The summed E-state index contributed by atoms with van der Waals surface area (Å²) in [7, 11) is -3.53. The molecule has 1 aromatic rings. The van der Waals surface area contributed by atoms with E-state index < -0.39 is 16.1 Å². The molecule has 0 saturated carbocycles. The Hall–Kier alpha value is -0.910. The van der Waals surface area contributed by atoms with Crippen molar-refractivity contribution in [3.8, 4) is 0 Å². The highest BCUT2D eigenvalue weighted by Gasteiger charge is 2.16. The van der Waals surface area contributed by atoms with Crippen LogP contribution in [0.5, 0.6) is 0 Å². The Morgan fingerprint density at radius 1 is 1.22 bits per heavy atom. The second kappa shape index (κ2) is 6.31. The summed E-state index contributed by atoms with van der Waals surface area (Å²) in [5.74, 6) is 0.422. The number of rotatable bonds is 6. The van der Waals surface area contributed by atoms with Gasteiger partial charge in [-0.05, 0) is 37.0 Å². The smallest absolute Gasteiger partial charge is 0.240 e. The number of aliphatic hydroxyl groups is 1. The third kappa shape index (κ3) is 3.80. The first-order chi connectivity index (χ1) is 8.40. The van der Waals surface area contributed by atoms with Gasteiger partial charge in [0.25, 0.3) is 0 Å². The zero-order valence-corrected chi connectivity index (χ0v) is 11.9. The zero-order chi connectivity index (χ0) is 13.8. The lowest BCUT2D eigenvalue weighted by Crippen LogP contribution is -2.34. The van der Waals surface area contributed by atoms with Crippen molar-refractivity contribution in [2.75, 3.05) is 6.61 Å². The summed E-state index contributed by atoms with van der Waals surface area (Å²) in [6.45, 7) is 5.60. The number of nitrogens with one attached hydrogen (secondary N) is 1. The Labute approximate surface area is 109 Å². The van der Waals surface area contributed by atoms with Crippen LogP contribution in [0.25, 0.3) is 0 Å². The van der Waals surface area contributed by atoms with Crippen LogP contribution >= 0.6 is 0 Å². The number of aliphatic hydroxyl groups excluding tert-OH is 1. The van der Waals surface area contributed by atoms with Crippen molar-refractivity contribution in [1.29, 1.82) is 0 Å². The molecule has 0 spiro atoms. The maximum Gasteiger partial charge on any atom is 0.240 e. The molecule has 1 unspecified atom stereocenters. The molecule has 0 saturated heterocycles. The Balaban J connectivity index is 2.91. The van der Waals surface area contributed by atoms with E-state index in [0.717, 1.165) is 12.0 Å². The van der Waals surface area contributed by atoms with Crippen molar-refractivity contribution < 1.29 is 13.5 Å². The second-order valence-electron chi connectivity index (χ2n) is 4.58. The second-order valence-corrected chi connectivity index (χ2v) is 6.30. The van der Waals surface area contributed by atoms with Crippen molar-refractivity contribution in [3.63, 3.8) is 0 Å². The van der Waals surface area contributed by atoms with E-state index in [9.17, 15) is 8.42 Å². The van der Waals surface area contributed by atoms with Gasteiger partial charge in [0.1, 0.15) is 0 Å². The monoisotopic (exact) mass is 271 g/mol. The minimum atomic E-state index is -3.53. The van der Waals surface area contributed by atoms with Crippen molar-refractivity contribution in [2.45, 2.75) is 44.0 Å². The van der Waals surface area contributed by atoms with E-state index in [2.05, 4.69) is 18.6 Å². The molecule has 0 aromatic heterocycles. The molecule has 2 N–H and O–H groups in total. The summed E-state index contributed by atoms with van der Waals surface area (Å²) >= 11 is 0. The summed E-state index contributed by atoms with van der Waals surface area (Å²) < 4.78 is 26.3. The molecule has 0 aliphatic rings. The fourth-order valence-corrected chi connectivity index (χ4v) is 2.82. The standard InChI is InChI=1S/C13H21NO3S/c1-4-10(2)12-5-7-13(8-6-12)18(16,17)14-11(3)9-15/h5-8,10-11,14-15H,4,9H2,1-3H3/t10?,11-/m1/s1. The van der Waals surface area contributed by atoms with E-state index in [1.807, 2.05) is 12.1 Å². The molecule has 0 aliphatic heterocycles. The molecule has 5 heteroatoms. The molecule has 1 rings (SSSR count). The van der Waals surface area contributed by atoms with Gasteiger partial charge in [-0.3, -0.25) is 0 Å². The molecule has 18 heavy (non-hydrogen) atoms. The van der Waals surface area contributed by atoms with E-state index in [4.69, 9.17) is 5.11 Å². The molecule has 4 nitrogen and oxygen atoms in total. The lowest BCUT2D eigenvalue weighted by molar-refractivity contribution is 0.265. The predicted molar refractivity (Wildman–Crippen MR) is 72.0 cm³/mol. The van der Waals surface area contributed by atoms with Crippen molar-refractivity contribution in [3.05, 3.63) is 29.8 Å². The first kappa shape index (κ1) is 15.1. The van der Waals surface area contributed by atoms with Crippen molar-refractivity contribution in [1.82, 2.24) is 4.72 Å². The number of benzene rings is 1. The average molecular weight is 271 g/mol. The number of sulfonamides is 1. The van der Waals surface area contributed by atoms with E-state index >= 15 is 0 Å². The fraction of sp³-hybridized carbons (Fsp3) is 0.538. The van der Waals surface area contributed by atoms with Crippen LogP contribution < -0.4 is 4.72 Å². The predicted octanol–water partition coefficient (Wildman–Crippen LogP) is 1.86. The van der Waals surface area contributed by atoms with Gasteiger partial charge >= 0.3 is 0 Å². The molecule has 0 heterocycles. The van der Waals surface area contributed by atoms with Gasteiger partial charge in [0, 0.05) is 6.04 Å². The Morgan fingerprint density at radius 2 is 1.78 bits per heavy atom. The lowest BCUT2D eigenvalue weighted by atomic mass is 9.99. The van der Waals surface area contributed by atoms with E-state index in [-0.39, 0.29) is 11.5 Å². The topological polar surface area (TPSA) is 66.4 Å². The first-order valence-corrected chi connectivity index (χ1v) is 7.62. The SMILES string of the molecule is CCC(C)c1ccc(S(=O)(=O)N[C@H](C)CO)cc1. The number of hydrogen-bond donors (Lipinski definition) is 2. The highest BCUT2D eigenvalue weighted by molar-refractivity contribution is 7.89. The van der Waals surface area contributed by atoms with Gasteiger partial charge in [-0.1, -0.05) is 26.0 Å². The maximum absolute atomic E-state index is 11.9. The first-order valence-electron chi connectivity index (χ1n) is 6.13. The summed E-state index contributed by atoms with van der Waals surface area (Å²) in [6, 6.07) is 6.41. The maximum atomic E-state index is 11.9. The van der Waals surface area contributed by atoms with Gasteiger partial charge in [-0.2, -0.15) is 0 Å². The average Bonchev–Trinajstić information content (AvgIpc) is 2.37. The van der Waals surface area contributed by atoms with Gasteiger partial charge in [0.05, 0.1) is 11.5 Å². The third-order valence-electron chi connectivity index (χ3n) is 3.00. The molecule has 0 fully saturated rings. The molecule has 0 amide bonds. The number of hydrogen-bond acceptors (Lipinski definition) is 3. The lowest BCUT2D eigenvalue weighted by Gasteiger charge is -2.13. The van der Waals surface area contributed by atoms with Gasteiger partial charge in [-0.15, -0.1) is 0 Å². The highest BCUT2D eigenvalue weighted by atomic mass is 32.2. The minimum Gasteiger partial charge on any atom is -0.395 e. The molecule has 0 bridgehead atoms. The van der Waals surface area contributed by atoms with Crippen LogP contribution in [-0.2, 0) is 10.0 Å². The van der Waals surface area contributed by atoms with Gasteiger partial charge in [0.2, 0.25) is 10.0 Å². The molecule has 0 aliphatic carbocycles.